The number of hydrogen-bond donors (Lipinski definition) is 0. The summed E-state index contributed by atoms with van der Waals surface area (Å²) in [5.74, 6) is -0.406. The Kier molecular flexibility index (Phi) is 46.1. The van der Waals surface area contributed by atoms with Gasteiger partial charge in [0.05, 0.1) is 0 Å². The van der Waals surface area contributed by atoms with Gasteiger partial charge >= 0.3 is 0 Å². The van der Waals surface area contributed by atoms with Crippen LogP contribution in [0.15, 0.2) is 18.2 Å². The SMILES string of the molecule is CC.CC.CC.CC(C)=O.CCCCC(C)CCCC.CCc1ccc(F)c(F)c1. The summed E-state index contributed by atoms with van der Waals surface area (Å²) in [5.41, 5.74) is 0.818. The third-order valence-corrected chi connectivity index (χ3v) is 3.49. The zero-order valence-corrected chi connectivity index (χ0v) is 22.4. The van der Waals surface area contributed by atoms with Crippen LogP contribution in [-0.2, 0) is 11.2 Å². The Labute approximate surface area is 189 Å². The molecular weight excluding hydrogens is 378 g/mol. The van der Waals surface area contributed by atoms with Gasteiger partial charge in [-0.25, -0.2) is 8.78 Å². The molecule has 1 rings (SSSR count). The molecular formula is C27H54F2O. The van der Waals surface area contributed by atoms with Crippen LogP contribution in [0.2, 0.25) is 0 Å². The molecule has 0 N–H and O–H groups in total. The van der Waals surface area contributed by atoms with Crippen molar-refractivity contribution < 1.29 is 13.6 Å². The van der Waals surface area contributed by atoms with Crippen molar-refractivity contribution in [3.63, 3.8) is 0 Å². The Bertz CT molecular complexity index is 419. The van der Waals surface area contributed by atoms with Crippen molar-refractivity contribution in [1.82, 2.24) is 0 Å². The number of benzene rings is 1. The van der Waals surface area contributed by atoms with Gasteiger partial charge in [-0.15, -0.1) is 0 Å². The first-order valence-corrected chi connectivity index (χ1v) is 12.2. The average molecular weight is 433 g/mol. The molecule has 3 heteroatoms. The highest BCUT2D eigenvalue weighted by Crippen LogP contribution is 2.14. The molecule has 30 heavy (non-hydrogen) atoms. The fourth-order valence-electron chi connectivity index (χ4n) is 2.01. The van der Waals surface area contributed by atoms with E-state index < -0.39 is 11.6 Å². The first-order valence-electron chi connectivity index (χ1n) is 12.2. The standard InChI is InChI=1S/C10H22.C8H8F2.C3H6O.3C2H6/c1-4-6-8-10(3)9-7-5-2;1-2-6-3-4-7(9)8(10)5-6;1-3(2)4;3*1-2/h10H,4-9H2,1-3H3;3-5H,2H2,1H3;1-2H3;3*1-2H3. The molecule has 0 aliphatic rings. The number of ketones is 1. The topological polar surface area (TPSA) is 17.1 Å². The fourth-order valence-corrected chi connectivity index (χ4v) is 2.01. The van der Waals surface area contributed by atoms with Gasteiger partial charge in [0.15, 0.2) is 11.6 Å². The molecule has 0 heterocycles. The van der Waals surface area contributed by atoms with Crippen LogP contribution in [0, 0.1) is 17.6 Å². The maximum absolute atomic E-state index is 12.4. The Morgan fingerprint density at radius 1 is 0.800 bits per heavy atom. The molecule has 0 fully saturated rings. The quantitative estimate of drug-likeness (QED) is 0.419. The number of halogens is 2. The number of hydrogen-bond acceptors (Lipinski definition) is 1. The van der Waals surface area contributed by atoms with Gasteiger partial charge in [0.25, 0.3) is 0 Å². The molecule has 0 bridgehead atoms. The van der Waals surface area contributed by atoms with Crippen molar-refractivity contribution in [2.24, 2.45) is 5.92 Å². The molecule has 1 aromatic rings. The van der Waals surface area contributed by atoms with E-state index in [4.69, 9.17) is 0 Å². The number of carbonyl (C=O) groups is 1. The zero-order chi connectivity index (χ0) is 25.0. The predicted octanol–water partition coefficient (Wildman–Crippen LogP) is 10.2. The lowest BCUT2D eigenvalue weighted by atomic mass is 9.98. The second-order valence-electron chi connectivity index (χ2n) is 6.40. The van der Waals surface area contributed by atoms with E-state index in [1.165, 1.54) is 58.4 Å². The monoisotopic (exact) mass is 432 g/mol. The highest BCUT2D eigenvalue weighted by molar-refractivity contribution is 5.72. The van der Waals surface area contributed by atoms with Gasteiger partial charge in [-0.2, -0.15) is 0 Å². The molecule has 182 valence electrons. The van der Waals surface area contributed by atoms with Gasteiger partial charge in [-0.1, -0.05) is 114 Å². The van der Waals surface area contributed by atoms with Crippen molar-refractivity contribution in [3.05, 3.63) is 35.4 Å². The van der Waals surface area contributed by atoms with E-state index >= 15 is 0 Å². The van der Waals surface area contributed by atoms with E-state index in [-0.39, 0.29) is 5.78 Å². The minimum absolute atomic E-state index is 0.167. The highest BCUT2D eigenvalue weighted by atomic mass is 19.2. The predicted molar refractivity (Wildman–Crippen MR) is 134 cm³/mol. The van der Waals surface area contributed by atoms with Crippen molar-refractivity contribution >= 4 is 5.78 Å². The molecule has 0 radical (unpaired) electrons. The number of carbonyl (C=O) groups excluding carboxylic acids is 1. The molecule has 0 aliphatic heterocycles. The second-order valence-corrected chi connectivity index (χ2v) is 6.40. The van der Waals surface area contributed by atoms with Gasteiger partial charge in [-0.05, 0) is 43.9 Å². The first-order chi connectivity index (χ1) is 14.3. The Hall–Kier alpha value is -1.25. The molecule has 0 atom stereocenters. The molecule has 0 amide bonds. The number of aryl methyl sites for hydroxylation is 1. The lowest BCUT2D eigenvalue weighted by Gasteiger charge is -2.08. The first kappa shape index (κ1) is 39.2. The minimum Gasteiger partial charge on any atom is -0.300 e. The Morgan fingerprint density at radius 2 is 1.17 bits per heavy atom. The van der Waals surface area contributed by atoms with E-state index in [2.05, 4.69) is 20.8 Å². The Morgan fingerprint density at radius 3 is 1.43 bits per heavy atom. The van der Waals surface area contributed by atoms with Crippen molar-refractivity contribution in [3.8, 4) is 0 Å². The van der Waals surface area contributed by atoms with Gasteiger partial charge < -0.3 is 4.79 Å². The van der Waals surface area contributed by atoms with E-state index in [9.17, 15) is 13.6 Å². The molecule has 0 unspecified atom stereocenters. The average Bonchev–Trinajstić information content (AvgIpc) is 2.77. The maximum atomic E-state index is 12.4. The third kappa shape index (κ3) is 37.5. The third-order valence-electron chi connectivity index (χ3n) is 3.49. The van der Waals surface area contributed by atoms with Crippen LogP contribution >= 0.6 is 0 Å². The normalized spacial score (nSPS) is 8.37. The van der Waals surface area contributed by atoms with Gasteiger partial charge in [-0.3, -0.25) is 0 Å². The van der Waals surface area contributed by atoms with Gasteiger partial charge in [0, 0.05) is 0 Å². The largest absolute Gasteiger partial charge is 0.300 e. The summed E-state index contributed by atoms with van der Waals surface area (Å²) < 4.78 is 24.7. The van der Waals surface area contributed by atoms with Gasteiger partial charge in [0.1, 0.15) is 5.78 Å². The highest BCUT2D eigenvalue weighted by Gasteiger charge is 2.00. The van der Waals surface area contributed by atoms with Crippen molar-refractivity contribution in [2.75, 3.05) is 0 Å². The van der Waals surface area contributed by atoms with E-state index in [0.29, 0.717) is 0 Å². The van der Waals surface area contributed by atoms with Crippen LogP contribution in [0.1, 0.15) is 127 Å². The summed E-state index contributed by atoms with van der Waals surface area (Å²) in [6.45, 7) is 23.9. The number of rotatable bonds is 7. The maximum Gasteiger partial charge on any atom is 0.159 e. The van der Waals surface area contributed by atoms with Gasteiger partial charge in [0.2, 0.25) is 0 Å². The van der Waals surface area contributed by atoms with Crippen LogP contribution in [-0.4, -0.2) is 5.78 Å². The van der Waals surface area contributed by atoms with E-state index in [1.54, 1.807) is 6.07 Å². The molecule has 0 saturated carbocycles. The molecule has 0 aliphatic carbocycles. The molecule has 1 aromatic carbocycles. The summed E-state index contributed by atoms with van der Waals surface area (Å²) >= 11 is 0. The summed E-state index contributed by atoms with van der Waals surface area (Å²) in [4.78, 5) is 9.44. The zero-order valence-electron chi connectivity index (χ0n) is 22.4. The summed E-state index contributed by atoms with van der Waals surface area (Å²) in [6, 6.07) is 3.95. The molecule has 1 nitrogen and oxygen atoms in total. The smallest absolute Gasteiger partial charge is 0.159 e. The van der Waals surface area contributed by atoms with Crippen LogP contribution < -0.4 is 0 Å². The Balaban J connectivity index is -0.0000000977. The minimum atomic E-state index is -0.780. The summed E-state index contributed by atoms with van der Waals surface area (Å²) in [7, 11) is 0. The molecule has 0 aromatic heterocycles. The van der Waals surface area contributed by atoms with Crippen molar-refractivity contribution in [1.29, 1.82) is 0 Å². The molecule has 0 saturated heterocycles. The second kappa shape index (κ2) is 35.2. The van der Waals surface area contributed by atoms with Crippen LogP contribution in [0.3, 0.4) is 0 Å². The van der Waals surface area contributed by atoms with Crippen LogP contribution in [0.25, 0.3) is 0 Å². The summed E-state index contributed by atoms with van der Waals surface area (Å²) in [6.07, 6.45) is 9.17. The van der Waals surface area contributed by atoms with Crippen LogP contribution in [0.4, 0.5) is 8.78 Å². The van der Waals surface area contributed by atoms with E-state index in [0.717, 1.165) is 24.0 Å². The fraction of sp³-hybridized carbons (Fsp3) is 0.741. The lowest BCUT2D eigenvalue weighted by molar-refractivity contribution is -0.114. The van der Waals surface area contributed by atoms with Crippen LogP contribution in [0.5, 0.6) is 0 Å². The number of Topliss-reactive ketones (excluding diaryl/α,β-unsaturated/α-hetero) is 1. The van der Waals surface area contributed by atoms with Crippen molar-refractivity contribution in [2.45, 2.75) is 128 Å². The number of unbranched alkanes of at least 4 members (excludes halogenated alkanes) is 2. The lowest BCUT2D eigenvalue weighted by Crippen LogP contribution is -1.93. The molecule has 0 spiro atoms. The van der Waals surface area contributed by atoms with E-state index in [1.807, 2.05) is 48.5 Å². The summed E-state index contributed by atoms with van der Waals surface area (Å²) in [5, 5.41) is 0.